The lowest BCUT2D eigenvalue weighted by atomic mass is 10.0. The van der Waals surface area contributed by atoms with Gasteiger partial charge >= 0.3 is 0 Å². The number of aromatic nitrogens is 4. The molecular formula is C40H22N6. The monoisotopic (exact) mass is 586 g/mol. The number of hydrogen-bond donors (Lipinski definition) is 0. The van der Waals surface area contributed by atoms with Gasteiger partial charge in [-0.15, -0.1) is 0 Å². The topological polar surface area (TPSA) is 83.2 Å². The quantitative estimate of drug-likeness (QED) is 0.207. The summed E-state index contributed by atoms with van der Waals surface area (Å²) < 4.78 is 4.31. The van der Waals surface area contributed by atoms with Gasteiger partial charge in [-0.1, -0.05) is 60.7 Å². The minimum atomic E-state index is 0.358. The molecular weight excluding hydrogens is 564 g/mol. The number of para-hydroxylation sites is 3. The number of fused-ring (bicyclic) bond motifs is 7. The lowest BCUT2D eigenvalue weighted by Gasteiger charge is -2.09. The Kier molecular flexibility index (Phi) is 5.53. The van der Waals surface area contributed by atoms with Crippen molar-refractivity contribution in [1.82, 2.24) is 19.1 Å². The van der Waals surface area contributed by atoms with Gasteiger partial charge < -0.3 is 4.57 Å². The van der Waals surface area contributed by atoms with E-state index < -0.39 is 0 Å². The van der Waals surface area contributed by atoms with E-state index in [0.717, 1.165) is 65.9 Å². The van der Waals surface area contributed by atoms with Gasteiger partial charge in [0, 0.05) is 32.6 Å². The van der Waals surface area contributed by atoms with Crippen LogP contribution in [0, 0.1) is 22.7 Å². The molecule has 0 unspecified atom stereocenters. The Morgan fingerprint density at radius 1 is 0.457 bits per heavy atom. The fourth-order valence-corrected chi connectivity index (χ4v) is 6.73. The molecule has 0 saturated carbocycles. The Balaban J connectivity index is 1.24. The SMILES string of the molecule is N#Cc1ccc(-n2c3ccccc3c3cc(-c4ccc5c(c4)c4ccccc4n5-c4nc(C#N)c5ccccc5n4)ccc32)cc1. The number of rotatable bonds is 3. The zero-order valence-electron chi connectivity index (χ0n) is 24.4. The summed E-state index contributed by atoms with van der Waals surface area (Å²) in [5.74, 6) is 0.478. The van der Waals surface area contributed by atoms with Crippen LogP contribution < -0.4 is 0 Å². The number of benzene rings is 6. The number of nitriles is 2. The molecule has 0 spiro atoms. The molecule has 0 saturated heterocycles. The first-order valence-corrected chi connectivity index (χ1v) is 15.0. The minimum absolute atomic E-state index is 0.358. The average molecular weight is 587 g/mol. The van der Waals surface area contributed by atoms with Gasteiger partial charge in [-0.25, -0.2) is 9.97 Å². The van der Waals surface area contributed by atoms with Gasteiger partial charge in [0.2, 0.25) is 5.95 Å². The highest BCUT2D eigenvalue weighted by Crippen LogP contribution is 2.38. The van der Waals surface area contributed by atoms with Gasteiger partial charge in [-0.2, -0.15) is 10.5 Å². The molecule has 0 radical (unpaired) electrons. The molecule has 6 heteroatoms. The van der Waals surface area contributed by atoms with Crippen molar-refractivity contribution in [1.29, 1.82) is 10.5 Å². The minimum Gasteiger partial charge on any atom is -0.309 e. The van der Waals surface area contributed by atoms with Crippen LogP contribution in [0.2, 0.25) is 0 Å². The van der Waals surface area contributed by atoms with Crippen LogP contribution in [-0.4, -0.2) is 19.1 Å². The molecule has 0 amide bonds. The van der Waals surface area contributed by atoms with E-state index in [1.54, 1.807) is 0 Å². The molecule has 3 heterocycles. The highest BCUT2D eigenvalue weighted by atomic mass is 15.2. The van der Waals surface area contributed by atoms with Gasteiger partial charge in [0.1, 0.15) is 6.07 Å². The first-order chi connectivity index (χ1) is 22.7. The fourth-order valence-electron chi connectivity index (χ4n) is 6.73. The summed E-state index contributed by atoms with van der Waals surface area (Å²) in [6.07, 6.45) is 0. The van der Waals surface area contributed by atoms with Crippen LogP contribution in [0.25, 0.3) is 77.3 Å². The molecule has 46 heavy (non-hydrogen) atoms. The van der Waals surface area contributed by atoms with Gasteiger partial charge in [-0.3, -0.25) is 4.57 Å². The van der Waals surface area contributed by atoms with Crippen molar-refractivity contribution in [2.75, 3.05) is 0 Å². The Bertz CT molecular complexity index is 2770. The van der Waals surface area contributed by atoms with Crippen LogP contribution in [-0.2, 0) is 0 Å². The van der Waals surface area contributed by atoms with E-state index in [9.17, 15) is 10.5 Å². The summed E-state index contributed by atoms with van der Waals surface area (Å²) in [5.41, 5.74) is 9.14. The second-order valence-corrected chi connectivity index (χ2v) is 11.3. The Hall–Kier alpha value is -6.76. The molecule has 0 N–H and O–H groups in total. The molecule has 0 atom stereocenters. The van der Waals surface area contributed by atoms with E-state index in [0.29, 0.717) is 17.2 Å². The van der Waals surface area contributed by atoms with Crippen molar-refractivity contribution >= 4 is 54.5 Å². The van der Waals surface area contributed by atoms with Crippen LogP contribution in [0.3, 0.4) is 0 Å². The molecule has 0 aliphatic carbocycles. The first kappa shape index (κ1) is 25.7. The smallest absolute Gasteiger partial charge is 0.236 e. The summed E-state index contributed by atoms with van der Waals surface area (Å²) in [6.45, 7) is 0. The second-order valence-electron chi connectivity index (χ2n) is 11.3. The van der Waals surface area contributed by atoms with Crippen LogP contribution in [0.4, 0.5) is 0 Å². The summed E-state index contributed by atoms with van der Waals surface area (Å²) >= 11 is 0. The predicted molar refractivity (Wildman–Crippen MR) is 183 cm³/mol. The van der Waals surface area contributed by atoms with E-state index in [4.69, 9.17) is 9.97 Å². The normalized spacial score (nSPS) is 11.4. The van der Waals surface area contributed by atoms with Crippen LogP contribution in [0.1, 0.15) is 11.3 Å². The highest BCUT2D eigenvalue weighted by molar-refractivity contribution is 6.12. The van der Waals surface area contributed by atoms with E-state index in [-0.39, 0.29) is 0 Å². The molecule has 0 fully saturated rings. The van der Waals surface area contributed by atoms with E-state index in [2.05, 4.69) is 94.1 Å². The standard InChI is InChI=1S/C40H22N6/c41-23-25-13-17-28(18-14-25)45-36-11-5-2-7-29(36)32-21-26(15-19-38(32)45)27-16-20-39-33(22-27)30-8-3-6-12-37(30)46(39)40-43-34-10-4-1-9-31(34)35(24-42)44-40/h1-22H. The van der Waals surface area contributed by atoms with Crippen molar-refractivity contribution in [2.45, 2.75) is 0 Å². The second kappa shape index (κ2) is 9.89. The van der Waals surface area contributed by atoms with E-state index in [1.807, 2.05) is 60.7 Å². The molecule has 9 aromatic rings. The molecule has 6 nitrogen and oxygen atoms in total. The third-order valence-corrected chi connectivity index (χ3v) is 8.83. The van der Waals surface area contributed by atoms with E-state index >= 15 is 0 Å². The van der Waals surface area contributed by atoms with Crippen molar-refractivity contribution in [2.24, 2.45) is 0 Å². The van der Waals surface area contributed by atoms with Crippen molar-refractivity contribution in [3.8, 4) is 34.9 Å². The molecule has 0 bridgehead atoms. The van der Waals surface area contributed by atoms with Crippen LogP contribution in [0.15, 0.2) is 133 Å². The summed E-state index contributed by atoms with van der Waals surface area (Å²) in [5, 5.41) is 24.5. The summed E-state index contributed by atoms with van der Waals surface area (Å²) in [4.78, 5) is 9.61. The van der Waals surface area contributed by atoms with Crippen molar-refractivity contribution in [3.05, 3.63) is 145 Å². The molecule has 3 aromatic heterocycles. The van der Waals surface area contributed by atoms with Crippen molar-refractivity contribution in [3.63, 3.8) is 0 Å². The van der Waals surface area contributed by atoms with Gasteiger partial charge in [0.25, 0.3) is 0 Å². The Morgan fingerprint density at radius 2 is 1.00 bits per heavy atom. The Morgan fingerprint density at radius 3 is 1.63 bits per heavy atom. The van der Waals surface area contributed by atoms with Gasteiger partial charge in [-0.05, 0) is 83.9 Å². The van der Waals surface area contributed by atoms with Crippen molar-refractivity contribution < 1.29 is 0 Å². The third kappa shape index (κ3) is 3.75. The van der Waals surface area contributed by atoms with E-state index in [1.165, 1.54) is 5.39 Å². The van der Waals surface area contributed by atoms with Crippen LogP contribution >= 0.6 is 0 Å². The first-order valence-electron chi connectivity index (χ1n) is 15.0. The zero-order valence-corrected chi connectivity index (χ0v) is 24.4. The summed E-state index contributed by atoms with van der Waals surface area (Å²) in [6, 6.07) is 49.7. The molecule has 0 aliphatic heterocycles. The number of nitrogens with zero attached hydrogens (tertiary/aromatic N) is 6. The predicted octanol–water partition coefficient (Wildman–Crippen LogP) is 9.23. The summed E-state index contributed by atoms with van der Waals surface area (Å²) in [7, 11) is 0. The largest absolute Gasteiger partial charge is 0.309 e. The molecule has 0 aliphatic rings. The maximum Gasteiger partial charge on any atom is 0.236 e. The number of hydrogen-bond acceptors (Lipinski definition) is 4. The highest BCUT2D eigenvalue weighted by Gasteiger charge is 2.18. The van der Waals surface area contributed by atoms with Gasteiger partial charge in [0.05, 0.1) is 39.2 Å². The maximum absolute atomic E-state index is 9.91. The molecule has 212 valence electrons. The average Bonchev–Trinajstić information content (AvgIpc) is 3.63. The van der Waals surface area contributed by atoms with Gasteiger partial charge in [0.15, 0.2) is 5.69 Å². The third-order valence-electron chi connectivity index (χ3n) is 8.83. The molecule has 9 rings (SSSR count). The fraction of sp³-hybridized carbons (Fsp3) is 0. The molecule has 6 aromatic carbocycles. The maximum atomic E-state index is 9.91. The zero-order chi connectivity index (χ0) is 30.8. The Labute approximate surface area is 263 Å². The lowest BCUT2D eigenvalue weighted by Crippen LogP contribution is -2.03. The lowest BCUT2D eigenvalue weighted by molar-refractivity contribution is 1.00. The van der Waals surface area contributed by atoms with Crippen LogP contribution in [0.5, 0.6) is 0 Å².